The maximum absolute atomic E-state index is 9.94. The van der Waals surface area contributed by atoms with Crippen molar-refractivity contribution < 1.29 is 14.5 Å². The number of rotatable bonds is 3. The van der Waals surface area contributed by atoms with Crippen LogP contribution in [0.3, 0.4) is 0 Å². The lowest BCUT2D eigenvalue weighted by Crippen LogP contribution is -2.29. The normalized spacial score (nSPS) is 13.6. The quantitative estimate of drug-likeness (QED) is 0.317. The second kappa shape index (κ2) is 7.87. The minimum absolute atomic E-state index is 0.139. The Bertz CT molecular complexity index is 1840. The minimum atomic E-state index is -1.66. The Labute approximate surface area is 214 Å². The highest BCUT2D eigenvalue weighted by Crippen LogP contribution is 2.49. The second-order valence-corrected chi connectivity index (χ2v) is 10.1. The molecule has 0 unspecified atom stereocenters. The van der Waals surface area contributed by atoms with Crippen molar-refractivity contribution >= 4 is 34.7 Å². The third kappa shape index (κ3) is 3.20. The zero-order valence-electron chi connectivity index (χ0n) is 20.4. The van der Waals surface area contributed by atoms with E-state index in [4.69, 9.17) is 14.4 Å². The smallest absolute Gasteiger partial charge is 0.438 e. The van der Waals surface area contributed by atoms with Gasteiger partial charge in [-0.15, -0.1) is 0 Å². The fourth-order valence-corrected chi connectivity index (χ4v) is 5.70. The molecule has 1 aliphatic rings. The summed E-state index contributed by atoms with van der Waals surface area (Å²) in [4.78, 5) is 9.92. The van der Waals surface area contributed by atoms with Gasteiger partial charge in [-0.05, 0) is 28.3 Å². The highest BCUT2D eigenvalue weighted by Gasteiger charge is 2.35. The third-order valence-corrected chi connectivity index (χ3v) is 7.56. The summed E-state index contributed by atoms with van der Waals surface area (Å²) in [7, 11) is -1.66. The number of nitrogens with zero attached hydrogens (tertiary/aromatic N) is 2. The molecule has 0 fully saturated rings. The molecule has 2 heterocycles. The summed E-state index contributed by atoms with van der Waals surface area (Å²) in [6.45, 7) is 4.50. The first-order valence-electron chi connectivity index (χ1n) is 12.3. The van der Waals surface area contributed by atoms with Gasteiger partial charge >= 0.3 is 7.12 Å². The van der Waals surface area contributed by atoms with Crippen LogP contribution in [0, 0.1) is 0 Å². The Hall–Kier alpha value is -4.26. The van der Waals surface area contributed by atoms with Crippen LogP contribution in [0.25, 0.3) is 55.8 Å². The van der Waals surface area contributed by atoms with Crippen LogP contribution in [0.4, 0.5) is 0 Å². The minimum Gasteiger partial charge on any atom is -0.438 e. The molecular formula is C31H23BN2O3. The van der Waals surface area contributed by atoms with Crippen molar-refractivity contribution in [3.63, 3.8) is 0 Å². The molecular weight excluding hydrogens is 459 g/mol. The van der Waals surface area contributed by atoms with E-state index in [2.05, 4.69) is 56.3 Å². The molecule has 0 aliphatic heterocycles. The summed E-state index contributed by atoms with van der Waals surface area (Å²) in [5, 5.41) is 21.4. The number of para-hydroxylation sites is 1. The van der Waals surface area contributed by atoms with Crippen molar-refractivity contribution in [3.05, 3.63) is 102 Å². The molecule has 1 aliphatic carbocycles. The first kappa shape index (κ1) is 22.0. The fourth-order valence-electron chi connectivity index (χ4n) is 5.70. The van der Waals surface area contributed by atoms with Crippen LogP contribution >= 0.6 is 0 Å². The van der Waals surface area contributed by atoms with E-state index < -0.39 is 7.12 Å². The summed E-state index contributed by atoms with van der Waals surface area (Å²) in [6.07, 6.45) is 0. The standard InChI is InChI=1S/C31H23BN2O3/c1-31(2)23-13-7-6-11-20(23)21-16-15-19(17-24(21)31)29-33-27(18-9-4-3-5-10-18)26-22-12-8-14-25(32(35)36)28(22)37-30(26)34-29/h3-17,35-36H,1-2H3. The van der Waals surface area contributed by atoms with E-state index in [1.165, 1.54) is 22.3 Å². The molecule has 0 radical (unpaired) electrons. The Morgan fingerprint density at radius 2 is 1.49 bits per heavy atom. The average Bonchev–Trinajstić information content (AvgIpc) is 3.41. The van der Waals surface area contributed by atoms with Gasteiger partial charge in [-0.3, -0.25) is 0 Å². The molecule has 0 saturated carbocycles. The zero-order chi connectivity index (χ0) is 25.3. The molecule has 178 valence electrons. The van der Waals surface area contributed by atoms with Gasteiger partial charge in [0.2, 0.25) is 5.71 Å². The van der Waals surface area contributed by atoms with Crippen molar-refractivity contribution in [2.24, 2.45) is 0 Å². The molecule has 7 rings (SSSR count). The van der Waals surface area contributed by atoms with Crippen LogP contribution in [0.15, 0.2) is 95.4 Å². The van der Waals surface area contributed by atoms with Gasteiger partial charge in [-0.25, -0.2) is 4.98 Å². The number of furan rings is 1. The average molecular weight is 482 g/mol. The summed E-state index contributed by atoms with van der Waals surface area (Å²) < 4.78 is 6.18. The molecule has 0 atom stereocenters. The number of hydrogen-bond acceptors (Lipinski definition) is 5. The maximum atomic E-state index is 9.94. The number of benzene rings is 4. The van der Waals surface area contributed by atoms with Crippen LogP contribution in [-0.2, 0) is 5.41 Å². The van der Waals surface area contributed by atoms with E-state index in [1.807, 2.05) is 36.4 Å². The third-order valence-electron chi connectivity index (χ3n) is 7.56. The molecule has 6 heteroatoms. The molecule has 2 N–H and O–H groups in total. The van der Waals surface area contributed by atoms with E-state index >= 15 is 0 Å². The van der Waals surface area contributed by atoms with Crippen molar-refractivity contribution in [1.82, 2.24) is 9.97 Å². The number of hydrogen-bond donors (Lipinski definition) is 2. The second-order valence-electron chi connectivity index (χ2n) is 10.1. The molecule has 2 aromatic heterocycles. The van der Waals surface area contributed by atoms with Gasteiger partial charge in [0.25, 0.3) is 0 Å². The SMILES string of the molecule is CC1(C)c2ccccc2-c2ccc(-c3nc(-c4ccccc4)c4c(n3)oc3c(B(O)O)cccc34)cc21. The molecule has 5 nitrogen and oxygen atoms in total. The predicted octanol–water partition coefficient (Wildman–Crippen LogP) is 5.70. The summed E-state index contributed by atoms with van der Waals surface area (Å²) >= 11 is 0. The molecule has 0 saturated heterocycles. The topological polar surface area (TPSA) is 79.4 Å². The first-order chi connectivity index (χ1) is 17.9. The van der Waals surface area contributed by atoms with Gasteiger partial charge in [0, 0.05) is 27.4 Å². The van der Waals surface area contributed by atoms with Crippen molar-refractivity contribution in [2.45, 2.75) is 19.3 Å². The lowest BCUT2D eigenvalue weighted by molar-refractivity contribution is 0.425. The monoisotopic (exact) mass is 482 g/mol. The molecule has 0 bridgehead atoms. The zero-order valence-corrected chi connectivity index (χ0v) is 20.4. The van der Waals surface area contributed by atoms with Crippen LogP contribution in [0.2, 0.25) is 0 Å². The van der Waals surface area contributed by atoms with Crippen LogP contribution in [0.1, 0.15) is 25.0 Å². The summed E-state index contributed by atoms with van der Waals surface area (Å²) in [6, 6.07) is 30.3. The molecule has 6 aromatic rings. The summed E-state index contributed by atoms with van der Waals surface area (Å²) in [5.41, 5.74) is 8.62. The Kier molecular flexibility index (Phi) is 4.68. The van der Waals surface area contributed by atoms with E-state index in [-0.39, 0.29) is 5.41 Å². The van der Waals surface area contributed by atoms with Gasteiger partial charge in [0.1, 0.15) is 5.58 Å². The fraction of sp³-hybridized carbons (Fsp3) is 0.0968. The van der Waals surface area contributed by atoms with Crippen LogP contribution < -0.4 is 5.46 Å². The molecule has 0 spiro atoms. The van der Waals surface area contributed by atoms with Crippen molar-refractivity contribution in [2.75, 3.05) is 0 Å². The predicted molar refractivity (Wildman–Crippen MR) is 148 cm³/mol. The van der Waals surface area contributed by atoms with Gasteiger partial charge < -0.3 is 14.5 Å². The highest BCUT2D eigenvalue weighted by molar-refractivity contribution is 6.61. The lowest BCUT2D eigenvalue weighted by atomic mass is 9.79. The van der Waals surface area contributed by atoms with E-state index in [9.17, 15) is 10.0 Å². The highest BCUT2D eigenvalue weighted by atomic mass is 16.4. The van der Waals surface area contributed by atoms with Gasteiger partial charge in [0.05, 0.1) is 11.1 Å². The Morgan fingerprint density at radius 1 is 0.730 bits per heavy atom. The molecule has 0 amide bonds. The van der Waals surface area contributed by atoms with Crippen LogP contribution in [-0.4, -0.2) is 27.1 Å². The Morgan fingerprint density at radius 3 is 2.30 bits per heavy atom. The molecule has 4 aromatic carbocycles. The van der Waals surface area contributed by atoms with Crippen LogP contribution in [0.5, 0.6) is 0 Å². The summed E-state index contributed by atoms with van der Waals surface area (Å²) in [5.74, 6) is 0.561. The van der Waals surface area contributed by atoms with E-state index in [1.54, 1.807) is 12.1 Å². The van der Waals surface area contributed by atoms with Gasteiger partial charge in [-0.1, -0.05) is 98.8 Å². The first-order valence-corrected chi connectivity index (χ1v) is 12.3. The largest absolute Gasteiger partial charge is 0.492 e. The lowest BCUT2D eigenvalue weighted by Gasteiger charge is -2.21. The maximum Gasteiger partial charge on any atom is 0.492 e. The van der Waals surface area contributed by atoms with Crippen molar-refractivity contribution in [1.29, 1.82) is 0 Å². The number of fused-ring (bicyclic) bond motifs is 6. The number of aromatic nitrogens is 2. The molecule has 37 heavy (non-hydrogen) atoms. The van der Waals surface area contributed by atoms with E-state index in [0.29, 0.717) is 22.6 Å². The van der Waals surface area contributed by atoms with Crippen molar-refractivity contribution in [3.8, 4) is 33.8 Å². The van der Waals surface area contributed by atoms with E-state index in [0.717, 1.165) is 27.6 Å². The van der Waals surface area contributed by atoms with Gasteiger partial charge in [0.15, 0.2) is 5.82 Å². The Balaban J connectivity index is 1.50. The van der Waals surface area contributed by atoms with Gasteiger partial charge in [-0.2, -0.15) is 4.98 Å².